The molecular weight excluding hydrogens is 340 g/mol. The van der Waals surface area contributed by atoms with Gasteiger partial charge < -0.3 is 26.0 Å². The summed E-state index contributed by atoms with van der Waals surface area (Å²) in [7, 11) is 0. The van der Waals surface area contributed by atoms with Crippen LogP contribution in [-0.4, -0.2) is 55.4 Å². The van der Waals surface area contributed by atoms with Crippen molar-refractivity contribution in [3.8, 4) is 0 Å². The summed E-state index contributed by atoms with van der Waals surface area (Å²) >= 11 is 0. The van der Waals surface area contributed by atoms with Gasteiger partial charge in [-0.2, -0.15) is 0 Å². The Hall–Kier alpha value is -1.95. The lowest BCUT2D eigenvalue weighted by Crippen LogP contribution is -2.43. The lowest BCUT2D eigenvalue weighted by Gasteiger charge is -2.41. The Bertz CT molecular complexity index is 649. The number of piperidine rings is 2. The van der Waals surface area contributed by atoms with E-state index in [0.717, 1.165) is 57.8 Å². The third kappa shape index (κ3) is 3.86. The van der Waals surface area contributed by atoms with E-state index >= 15 is 0 Å². The zero-order chi connectivity index (χ0) is 18.9. The lowest BCUT2D eigenvalue weighted by atomic mass is 9.67. The molecule has 0 bridgehead atoms. The number of nitrogen functional groups attached to an aromatic ring is 1. The summed E-state index contributed by atoms with van der Waals surface area (Å²) in [5.41, 5.74) is 8.08. The van der Waals surface area contributed by atoms with Gasteiger partial charge in [-0.05, 0) is 86.7 Å². The summed E-state index contributed by atoms with van der Waals surface area (Å²) in [5.74, 6) is 1.23. The monoisotopic (exact) mass is 372 g/mol. The van der Waals surface area contributed by atoms with Gasteiger partial charge in [-0.15, -0.1) is 0 Å². The van der Waals surface area contributed by atoms with E-state index in [9.17, 15) is 9.90 Å². The van der Waals surface area contributed by atoms with Crippen LogP contribution in [0.4, 0.5) is 16.2 Å². The van der Waals surface area contributed by atoms with Crippen LogP contribution in [0, 0.1) is 17.3 Å². The van der Waals surface area contributed by atoms with Gasteiger partial charge in [0.2, 0.25) is 0 Å². The second-order valence-electron chi connectivity index (χ2n) is 8.73. The van der Waals surface area contributed by atoms with E-state index in [-0.39, 0.29) is 5.41 Å². The zero-order valence-corrected chi connectivity index (χ0v) is 16.1. The molecule has 1 unspecified atom stereocenters. The first-order chi connectivity index (χ1) is 13.1. The number of carboxylic acid groups (broad SMARTS) is 1. The summed E-state index contributed by atoms with van der Waals surface area (Å²) in [6.07, 6.45) is 5.06. The molecular formula is C21H32N4O2. The van der Waals surface area contributed by atoms with Crippen molar-refractivity contribution in [3.63, 3.8) is 0 Å². The Morgan fingerprint density at radius 1 is 1.19 bits per heavy atom. The van der Waals surface area contributed by atoms with E-state index in [1.165, 1.54) is 24.9 Å². The van der Waals surface area contributed by atoms with Crippen molar-refractivity contribution in [2.75, 3.05) is 49.9 Å². The lowest BCUT2D eigenvalue weighted by molar-refractivity contribution is 0.122. The van der Waals surface area contributed by atoms with Gasteiger partial charge in [-0.1, -0.05) is 0 Å². The second kappa shape index (κ2) is 7.58. The Kier molecular flexibility index (Phi) is 5.17. The predicted octanol–water partition coefficient (Wildman–Crippen LogP) is 2.85. The molecule has 3 heterocycles. The van der Waals surface area contributed by atoms with Crippen LogP contribution in [0.15, 0.2) is 24.3 Å². The van der Waals surface area contributed by atoms with Crippen LogP contribution in [0.3, 0.4) is 0 Å². The highest BCUT2D eigenvalue weighted by Gasteiger charge is 2.48. The van der Waals surface area contributed by atoms with Crippen LogP contribution >= 0.6 is 0 Å². The molecule has 6 heteroatoms. The maximum absolute atomic E-state index is 11.6. The summed E-state index contributed by atoms with van der Waals surface area (Å²) < 4.78 is 0. The largest absolute Gasteiger partial charge is 0.465 e. The topological polar surface area (TPSA) is 81.8 Å². The SMILES string of the molecule is Nc1ccc(N2CCC(CC3CN(C(=O)O)CC34CCNCC4)CC2)cc1. The van der Waals surface area contributed by atoms with Gasteiger partial charge in [-0.25, -0.2) is 4.79 Å². The van der Waals surface area contributed by atoms with Crippen molar-refractivity contribution in [2.24, 2.45) is 17.3 Å². The summed E-state index contributed by atoms with van der Waals surface area (Å²) in [4.78, 5) is 15.7. The molecule has 1 atom stereocenters. The fourth-order valence-electron chi connectivity index (χ4n) is 5.51. The number of nitrogens with one attached hydrogen (secondary N) is 1. The maximum Gasteiger partial charge on any atom is 0.407 e. The van der Waals surface area contributed by atoms with Gasteiger partial charge >= 0.3 is 6.09 Å². The highest BCUT2D eigenvalue weighted by molar-refractivity contribution is 5.65. The Morgan fingerprint density at radius 2 is 1.85 bits per heavy atom. The fourth-order valence-corrected chi connectivity index (χ4v) is 5.51. The second-order valence-corrected chi connectivity index (χ2v) is 8.73. The van der Waals surface area contributed by atoms with Gasteiger partial charge in [0.1, 0.15) is 0 Å². The molecule has 27 heavy (non-hydrogen) atoms. The van der Waals surface area contributed by atoms with E-state index in [4.69, 9.17) is 5.73 Å². The molecule has 0 aliphatic carbocycles. The first-order valence-electron chi connectivity index (χ1n) is 10.3. The van der Waals surface area contributed by atoms with Crippen molar-refractivity contribution in [3.05, 3.63) is 24.3 Å². The van der Waals surface area contributed by atoms with Gasteiger partial charge in [0.25, 0.3) is 0 Å². The number of carbonyl (C=O) groups is 1. The number of anilines is 2. The van der Waals surface area contributed by atoms with Crippen molar-refractivity contribution in [2.45, 2.75) is 32.1 Å². The molecule has 3 saturated heterocycles. The molecule has 3 aliphatic heterocycles. The molecule has 3 fully saturated rings. The van der Waals surface area contributed by atoms with Gasteiger partial charge in [0, 0.05) is 37.6 Å². The molecule has 1 aromatic rings. The quantitative estimate of drug-likeness (QED) is 0.711. The molecule has 6 nitrogen and oxygen atoms in total. The van der Waals surface area contributed by atoms with Crippen molar-refractivity contribution >= 4 is 17.5 Å². The standard InChI is InChI=1S/C21H32N4O2/c22-18-1-3-19(4-2-18)24-11-5-16(6-12-24)13-17-14-25(20(26)27)15-21(17)7-9-23-10-8-21/h1-4,16-17,23H,5-15,22H2,(H,26,27). The Balaban J connectivity index is 1.37. The van der Waals surface area contributed by atoms with Gasteiger partial charge in [0.05, 0.1) is 0 Å². The molecule has 4 rings (SSSR count). The average Bonchev–Trinajstić information content (AvgIpc) is 3.02. The van der Waals surface area contributed by atoms with E-state index < -0.39 is 6.09 Å². The molecule has 148 valence electrons. The minimum absolute atomic E-state index is 0.206. The van der Waals surface area contributed by atoms with Crippen molar-refractivity contribution in [1.29, 1.82) is 0 Å². The average molecular weight is 373 g/mol. The number of nitrogens with two attached hydrogens (primary N) is 1. The molecule has 0 radical (unpaired) electrons. The van der Waals surface area contributed by atoms with Crippen LogP contribution in [-0.2, 0) is 0 Å². The smallest absolute Gasteiger partial charge is 0.407 e. The molecule has 0 saturated carbocycles. The number of likely N-dealkylation sites (tertiary alicyclic amines) is 1. The van der Waals surface area contributed by atoms with E-state index in [0.29, 0.717) is 11.8 Å². The van der Waals surface area contributed by atoms with E-state index in [1.54, 1.807) is 4.90 Å². The molecule has 1 aromatic carbocycles. The van der Waals surface area contributed by atoms with Crippen LogP contribution in [0.25, 0.3) is 0 Å². The predicted molar refractivity (Wildman–Crippen MR) is 108 cm³/mol. The van der Waals surface area contributed by atoms with Crippen LogP contribution in [0.5, 0.6) is 0 Å². The summed E-state index contributed by atoms with van der Waals surface area (Å²) in [5, 5.41) is 13.0. The van der Waals surface area contributed by atoms with E-state index in [2.05, 4.69) is 22.3 Å². The number of nitrogens with zero attached hydrogens (tertiary/aromatic N) is 2. The highest BCUT2D eigenvalue weighted by atomic mass is 16.4. The fraction of sp³-hybridized carbons (Fsp3) is 0.667. The normalized spacial score (nSPS) is 25.9. The van der Waals surface area contributed by atoms with E-state index in [1.807, 2.05) is 12.1 Å². The van der Waals surface area contributed by atoms with Crippen LogP contribution in [0.1, 0.15) is 32.1 Å². The van der Waals surface area contributed by atoms with Crippen molar-refractivity contribution in [1.82, 2.24) is 10.2 Å². The first-order valence-corrected chi connectivity index (χ1v) is 10.3. The highest BCUT2D eigenvalue weighted by Crippen LogP contribution is 2.47. The van der Waals surface area contributed by atoms with Crippen LogP contribution in [0.2, 0.25) is 0 Å². The van der Waals surface area contributed by atoms with Crippen LogP contribution < -0.4 is 16.0 Å². The molecule has 1 spiro atoms. The van der Waals surface area contributed by atoms with Crippen molar-refractivity contribution < 1.29 is 9.90 Å². The maximum atomic E-state index is 11.6. The molecule has 1 amide bonds. The summed E-state index contributed by atoms with van der Waals surface area (Å²) in [6.45, 7) is 5.68. The molecule has 3 aliphatic rings. The van der Waals surface area contributed by atoms with Gasteiger partial charge in [0.15, 0.2) is 0 Å². The third-order valence-electron chi connectivity index (χ3n) is 7.17. The number of hydrogen-bond acceptors (Lipinski definition) is 4. The molecule has 4 N–H and O–H groups in total. The molecule has 0 aromatic heterocycles. The number of amides is 1. The number of rotatable bonds is 3. The zero-order valence-electron chi connectivity index (χ0n) is 16.1. The number of hydrogen-bond donors (Lipinski definition) is 3. The minimum atomic E-state index is -0.742. The Morgan fingerprint density at radius 3 is 2.48 bits per heavy atom. The van der Waals surface area contributed by atoms with Gasteiger partial charge in [-0.3, -0.25) is 0 Å². The first kappa shape index (κ1) is 18.4. The number of benzene rings is 1. The summed E-state index contributed by atoms with van der Waals surface area (Å²) in [6, 6.07) is 8.17. The third-order valence-corrected chi connectivity index (χ3v) is 7.17. The minimum Gasteiger partial charge on any atom is -0.465 e. The Labute approximate surface area is 161 Å².